The van der Waals surface area contributed by atoms with E-state index in [2.05, 4.69) is 170 Å². The highest BCUT2D eigenvalue weighted by Crippen LogP contribution is 2.43. The summed E-state index contributed by atoms with van der Waals surface area (Å²) in [5, 5.41) is 12.6. The summed E-state index contributed by atoms with van der Waals surface area (Å²) in [6, 6.07) is 66.4. The second-order valence-electron chi connectivity index (χ2n) is 13.7. The minimum absolute atomic E-state index is 0.921. The Morgan fingerprint density at radius 1 is 0.255 bits per heavy atom. The van der Waals surface area contributed by atoms with E-state index < -0.39 is 0 Å². The molecule has 0 spiro atoms. The highest BCUT2D eigenvalue weighted by molar-refractivity contribution is 6.27. The lowest BCUT2D eigenvalue weighted by Gasteiger charge is -2.17. The van der Waals surface area contributed by atoms with Gasteiger partial charge in [0, 0.05) is 10.8 Å². The average molecular weight is 647 g/mol. The highest BCUT2D eigenvalue weighted by Gasteiger charge is 2.16. The van der Waals surface area contributed by atoms with Crippen LogP contribution in [-0.4, -0.2) is 0 Å². The van der Waals surface area contributed by atoms with Crippen molar-refractivity contribution in [3.63, 3.8) is 0 Å². The highest BCUT2D eigenvalue weighted by atomic mass is 16.3. The lowest BCUT2D eigenvalue weighted by molar-refractivity contribution is 0.669. The largest absolute Gasteiger partial charge is 0.456 e. The fourth-order valence-corrected chi connectivity index (χ4v) is 8.26. The average Bonchev–Trinajstić information content (AvgIpc) is 3.58. The summed E-state index contributed by atoms with van der Waals surface area (Å²) in [5.74, 6) is 0. The summed E-state index contributed by atoms with van der Waals surface area (Å²) in [5.41, 5.74) is 11.6. The lowest BCUT2D eigenvalue weighted by Crippen LogP contribution is -1.90. The minimum atomic E-state index is 0.921. The number of rotatable bonds is 4. The van der Waals surface area contributed by atoms with Crippen LogP contribution >= 0.6 is 0 Å². The van der Waals surface area contributed by atoms with Crippen LogP contribution in [0.15, 0.2) is 186 Å². The third kappa shape index (κ3) is 4.42. The first-order chi connectivity index (χ1) is 25.2. The van der Waals surface area contributed by atoms with E-state index in [4.69, 9.17) is 4.42 Å². The van der Waals surface area contributed by atoms with Crippen molar-refractivity contribution >= 4 is 65.0 Å². The Hall–Kier alpha value is -6.70. The molecule has 0 atom stereocenters. The van der Waals surface area contributed by atoms with E-state index in [0.717, 1.165) is 27.5 Å². The van der Waals surface area contributed by atoms with Crippen molar-refractivity contribution in [2.45, 2.75) is 0 Å². The molecule has 0 fully saturated rings. The molecular formula is C50H30O. The number of fused-ring (bicyclic) bond motifs is 4. The number of benzene rings is 10. The van der Waals surface area contributed by atoms with Crippen LogP contribution in [0.1, 0.15) is 0 Å². The van der Waals surface area contributed by atoms with E-state index in [0.29, 0.717) is 0 Å². The van der Waals surface area contributed by atoms with E-state index in [9.17, 15) is 0 Å². The second kappa shape index (κ2) is 10.9. The van der Waals surface area contributed by atoms with Gasteiger partial charge < -0.3 is 4.42 Å². The summed E-state index contributed by atoms with van der Waals surface area (Å²) < 4.78 is 6.18. The number of para-hydroxylation sites is 1. The van der Waals surface area contributed by atoms with Crippen molar-refractivity contribution in [2.24, 2.45) is 0 Å². The van der Waals surface area contributed by atoms with Gasteiger partial charge in [-0.1, -0.05) is 158 Å². The number of hydrogen-bond donors (Lipinski definition) is 0. The van der Waals surface area contributed by atoms with Gasteiger partial charge in [0.1, 0.15) is 11.2 Å². The Kier molecular flexibility index (Phi) is 6.02. The molecule has 0 N–H and O–H groups in total. The minimum Gasteiger partial charge on any atom is -0.456 e. The SMILES string of the molecule is c1ccc2cc(-c3ccc(-c4ccc5ccc6c(-c7ccc(-c8ccc9c(c8)oc8ccccc89)cc7)ccc7ccc4c5c76)cc3)ccc2c1. The number of hydrogen-bond acceptors (Lipinski definition) is 1. The first-order valence-electron chi connectivity index (χ1n) is 17.6. The van der Waals surface area contributed by atoms with E-state index >= 15 is 0 Å². The molecule has 1 heteroatoms. The molecule has 0 amide bonds. The van der Waals surface area contributed by atoms with Gasteiger partial charge in [-0.25, -0.2) is 0 Å². The van der Waals surface area contributed by atoms with Gasteiger partial charge >= 0.3 is 0 Å². The monoisotopic (exact) mass is 646 g/mol. The molecule has 236 valence electrons. The predicted molar refractivity (Wildman–Crippen MR) is 217 cm³/mol. The first-order valence-corrected chi connectivity index (χ1v) is 17.6. The smallest absolute Gasteiger partial charge is 0.136 e. The normalized spacial score (nSPS) is 11.9. The van der Waals surface area contributed by atoms with Gasteiger partial charge in [-0.3, -0.25) is 0 Å². The van der Waals surface area contributed by atoms with Crippen LogP contribution in [0.25, 0.3) is 110 Å². The zero-order chi connectivity index (χ0) is 33.5. The van der Waals surface area contributed by atoms with E-state index in [-0.39, 0.29) is 0 Å². The van der Waals surface area contributed by atoms with Crippen molar-refractivity contribution in [1.82, 2.24) is 0 Å². The fourth-order valence-electron chi connectivity index (χ4n) is 8.26. The molecular weight excluding hydrogens is 617 g/mol. The zero-order valence-electron chi connectivity index (χ0n) is 27.7. The van der Waals surface area contributed by atoms with E-state index in [1.54, 1.807) is 0 Å². The standard InChI is InChI=1S/C50H30O/c1-2-6-38-29-39(18-13-31(38)5-1)32-9-14-34(15-10-32)41-24-19-36-22-28-46-42(25-20-37-21-27-45(41)49(36)50(37)46)35-16-11-33(12-17-35)40-23-26-44-43-7-3-4-8-47(43)51-48(44)30-40/h1-30H. The lowest BCUT2D eigenvalue weighted by atomic mass is 9.87. The Bertz CT molecular complexity index is 3110. The van der Waals surface area contributed by atoms with Gasteiger partial charge in [0.25, 0.3) is 0 Å². The van der Waals surface area contributed by atoms with Gasteiger partial charge in [-0.05, 0) is 112 Å². The molecule has 1 nitrogen and oxygen atoms in total. The molecule has 51 heavy (non-hydrogen) atoms. The quantitative estimate of drug-likeness (QED) is 0.173. The van der Waals surface area contributed by atoms with Crippen molar-refractivity contribution in [3.8, 4) is 44.5 Å². The summed E-state index contributed by atoms with van der Waals surface area (Å²) in [7, 11) is 0. The van der Waals surface area contributed by atoms with Crippen LogP contribution in [0.5, 0.6) is 0 Å². The molecule has 10 aromatic carbocycles. The van der Waals surface area contributed by atoms with Crippen molar-refractivity contribution in [2.75, 3.05) is 0 Å². The Morgan fingerprint density at radius 2 is 0.706 bits per heavy atom. The molecule has 1 heterocycles. The van der Waals surface area contributed by atoms with Gasteiger partial charge in [0.05, 0.1) is 0 Å². The molecule has 11 aromatic rings. The summed E-state index contributed by atoms with van der Waals surface area (Å²) in [4.78, 5) is 0. The van der Waals surface area contributed by atoms with Gasteiger partial charge in [0.15, 0.2) is 0 Å². The fraction of sp³-hybridized carbons (Fsp3) is 0. The van der Waals surface area contributed by atoms with Crippen molar-refractivity contribution in [1.29, 1.82) is 0 Å². The Morgan fingerprint density at radius 3 is 1.37 bits per heavy atom. The van der Waals surface area contributed by atoms with Gasteiger partial charge in [-0.2, -0.15) is 0 Å². The Balaban J connectivity index is 0.978. The molecule has 1 aromatic heterocycles. The van der Waals surface area contributed by atoms with Crippen molar-refractivity contribution in [3.05, 3.63) is 182 Å². The summed E-state index contributed by atoms with van der Waals surface area (Å²) >= 11 is 0. The molecule has 0 saturated heterocycles. The summed E-state index contributed by atoms with van der Waals surface area (Å²) in [6.45, 7) is 0. The van der Waals surface area contributed by atoms with Crippen LogP contribution in [-0.2, 0) is 0 Å². The number of furan rings is 1. The molecule has 0 aliphatic heterocycles. The van der Waals surface area contributed by atoms with Gasteiger partial charge in [-0.15, -0.1) is 0 Å². The van der Waals surface area contributed by atoms with E-state index in [1.165, 1.54) is 82.0 Å². The Labute approximate surface area is 295 Å². The topological polar surface area (TPSA) is 13.1 Å². The predicted octanol–water partition coefficient (Wildman–Crippen LogP) is 14.3. The van der Waals surface area contributed by atoms with Crippen LogP contribution in [0.4, 0.5) is 0 Å². The van der Waals surface area contributed by atoms with Gasteiger partial charge in [0.2, 0.25) is 0 Å². The molecule has 0 bridgehead atoms. The zero-order valence-corrected chi connectivity index (χ0v) is 27.7. The molecule has 0 saturated carbocycles. The van der Waals surface area contributed by atoms with Crippen molar-refractivity contribution < 1.29 is 4.42 Å². The molecule has 0 aliphatic carbocycles. The maximum absolute atomic E-state index is 6.18. The first kappa shape index (κ1) is 28.2. The third-order valence-electron chi connectivity index (χ3n) is 10.9. The molecule has 0 radical (unpaired) electrons. The second-order valence-corrected chi connectivity index (χ2v) is 13.7. The maximum Gasteiger partial charge on any atom is 0.136 e. The van der Waals surface area contributed by atoms with E-state index in [1.807, 2.05) is 12.1 Å². The molecule has 0 unspecified atom stereocenters. The van der Waals surface area contributed by atoms with Crippen LogP contribution in [0.3, 0.4) is 0 Å². The third-order valence-corrected chi connectivity index (χ3v) is 10.9. The molecule has 0 aliphatic rings. The summed E-state index contributed by atoms with van der Waals surface area (Å²) in [6.07, 6.45) is 0. The van der Waals surface area contributed by atoms with Crippen LogP contribution in [0.2, 0.25) is 0 Å². The van der Waals surface area contributed by atoms with Crippen LogP contribution in [0, 0.1) is 0 Å². The molecule has 11 rings (SSSR count). The maximum atomic E-state index is 6.18. The van der Waals surface area contributed by atoms with Crippen LogP contribution < -0.4 is 0 Å².